The van der Waals surface area contributed by atoms with Crippen LogP contribution in [0.5, 0.6) is 11.5 Å². The van der Waals surface area contributed by atoms with Crippen LogP contribution in [0, 0.1) is 17.9 Å². The van der Waals surface area contributed by atoms with Crippen molar-refractivity contribution in [2.24, 2.45) is 0 Å². The summed E-state index contributed by atoms with van der Waals surface area (Å²) in [7, 11) is 0. The standard InChI is InChI=1S/C48H28N2O4/c1-50-38-26-24-35(25-27-38)48(52)54-46-40-19-11-9-17-37(40)29-42(33-14-6-3-7-15-33)44(46)43-41(32-12-4-2-5-13-32)28-36-16-8-10-18-39(36)45(43)53-47(51)34-22-20-31(30-49)21-23-34/h2-29H. The Morgan fingerprint density at radius 2 is 0.926 bits per heavy atom. The molecule has 8 rings (SSSR count). The van der Waals surface area contributed by atoms with Crippen LogP contribution in [0.2, 0.25) is 0 Å². The van der Waals surface area contributed by atoms with E-state index in [2.05, 4.69) is 23.0 Å². The highest BCUT2D eigenvalue weighted by Gasteiger charge is 2.29. The minimum atomic E-state index is -0.614. The highest BCUT2D eigenvalue weighted by molar-refractivity contribution is 6.13. The third-order valence-corrected chi connectivity index (χ3v) is 9.29. The van der Waals surface area contributed by atoms with Crippen molar-refractivity contribution < 1.29 is 19.1 Å². The summed E-state index contributed by atoms with van der Waals surface area (Å²) in [5, 5.41) is 12.4. The van der Waals surface area contributed by atoms with Gasteiger partial charge in [0.05, 0.1) is 29.3 Å². The topological polar surface area (TPSA) is 80.8 Å². The molecule has 0 fully saturated rings. The van der Waals surface area contributed by atoms with E-state index in [4.69, 9.17) is 16.0 Å². The molecule has 6 nitrogen and oxygen atoms in total. The average molecular weight is 697 g/mol. The lowest BCUT2D eigenvalue weighted by Crippen LogP contribution is -2.12. The van der Waals surface area contributed by atoms with Crippen molar-refractivity contribution in [3.8, 4) is 50.9 Å². The fraction of sp³-hybridized carbons (Fsp3) is 0. The van der Waals surface area contributed by atoms with Gasteiger partial charge < -0.3 is 9.47 Å². The first kappa shape index (κ1) is 33.3. The molecule has 0 heterocycles. The van der Waals surface area contributed by atoms with Gasteiger partial charge in [0.2, 0.25) is 0 Å². The minimum Gasteiger partial charge on any atom is -0.422 e. The molecule has 0 aliphatic carbocycles. The van der Waals surface area contributed by atoms with E-state index >= 15 is 0 Å². The SMILES string of the molecule is [C-]#[N+]c1ccc(C(=O)Oc2c(-c3c(-c4ccccc4)cc4ccccc4c3OC(=O)c3ccc(C#N)cc3)c(-c3ccccc3)cc3ccccc23)cc1. The zero-order valence-electron chi connectivity index (χ0n) is 28.7. The van der Waals surface area contributed by atoms with Gasteiger partial charge in [0.15, 0.2) is 5.69 Å². The number of carbonyl (C=O) groups excluding carboxylic acids is 2. The summed E-state index contributed by atoms with van der Waals surface area (Å²) < 4.78 is 13.0. The quantitative estimate of drug-likeness (QED) is 0.0941. The summed E-state index contributed by atoms with van der Waals surface area (Å²) >= 11 is 0. The monoisotopic (exact) mass is 696 g/mol. The van der Waals surface area contributed by atoms with Gasteiger partial charge >= 0.3 is 11.9 Å². The smallest absolute Gasteiger partial charge is 0.343 e. The van der Waals surface area contributed by atoms with Gasteiger partial charge in [-0.3, -0.25) is 0 Å². The van der Waals surface area contributed by atoms with Gasteiger partial charge in [-0.15, -0.1) is 0 Å². The number of nitrogens with zero attached hydrogens (tertiary/aromatic N) is 2. The van der Waals surface area contributed by atoms with Gasteiger partial charge in [-0.05, 0) is 69.4 Å². The lowest BCUT2D eigenvalue weighted by molar-refractivity contribution is 0.0725. The molecule has 0 N–H and O–H groups in total. The molecule has 0 saturated heterocycles. The molecule has 8 aromatic carbocycles. The predicted molar refractivity (Wildman–Crippen MR) is 212 cm³/mol. The Morgan fingerprint density at radius 3 is 1.35 bits per heavy atom. The second kappa shape index (κ2) is 14.4. The number of esters is 2. The molecular formula is C48H28N2O4. The Bertz CT molecular complexity index is 2600. The van der Waals surface area contributed by atoms with Crippen molar-refractivity contribution in [1.29, 1.82) is 5.26 Å². The normalized spacial score (nSPS) is 10.7. The van der Waals surface area contributed by atoms with Crippen molar-refractivity contribution >= 4 is 39.2 Å². The van der Waals surface area contributed by atoms with E-state index in [1.807, 2.05) is 109 Å². The van der Waals surface area contributed by atoms with Crippen molar-refractivity contribution in [1.82, 2.24) is 0 Å². The summed E-state index contributed by atoms with van der Waals surface area (Å²) in [5.74, 6) is -0.653. The van der Waals surface area contributed by atoms with Gasteiger partial charge in [0.25, 0.3) is 0 Å². The number of fused-ring (bicyclic) bond motifs is 2. The fourth-order valence-corrected chi connectivity index (χ4v) is 6.68. The van der Waals surface area contributed by atoms with Crippen LogP contribution < -0.4 is 9.47 Å². The molecule has 0 amide bonds. The molecule has 0 saturated carbocycles. The van der Waals surface area contributed by atoms with Gasteiger partial charge in [-0.1, -0.05) is 133 Å². The van der Waals surface area contributed by atoms with Gasteiger partial charge in [-0.25, -0.2) is 14.4 Å². The second-order valence-electron chi connectivity index (χ2n) is 12.6. The van der Waals surface area contributed by atoms with Crippen molar-refractivity contribution in [3.63, 3.8) is 0 Å². The van der Waals surface area contributed by atoms with E-state index in [9.17, 15) is 14.9 Å². The molecule has 0 aliphatic rings. The molecule has 6 heteroatoms. The van der Waals surface area contributed by atoms with Crippen LogP contribution in [0.4, 0.5) is 5.69 Å². The van der Waals surface area contributed by atoms with E-state index in [0.29, 0.717) is 33.2 Å². The summed E-state index contributed by atoms with van der Waals surface area (Å²) in [4.78, 5) is 31.8. The largest absolute Gasteiger partial charge is 0.422 e. The van der Waals surface area contributed by atoms with E-state index in [1.165, 1.54) is 0 Å². The molecule has 0 radical (unpaired) electrons. The molecule has 0 spiro atoms. The van der Waals surface area contributed by atoms with E-state index < -0.39 is 11.9 Å². The van der Waals surface area contributed by atoms with Crippen molar-refractivity contribution in [2.75, 3.05) is 0 Å². The molecule has 0 unspecified atom stereocenters. The highest BCUT2D eigenvalue weighted by atomic mass is 16.5. The summed E-state index contributed by atoms with van der Waals surface area (Å²) in [6.45, 7) is 7.37. The van der Waals surface area contributed by atoms with Gasteiger partial charge in [-0.2, -0.15) is 5.26 Å². The zero-order valence-corrected chi connectivity index (χ0v) is 28.7. The van der Waals surface area contributed by atoms with Crippen LogP contribution in [0.25, 0.3) is 59.8 Å². The van der Waals surface area contributed by atoms with Gasteiger partial charge in [0.1, 0.15) is 11.5 Å². The molecule has 0 atom stereocenters. The van der Waals surface area contributed by atoms with Crippen LogP contribution in [-0.4, -0.2) is 11.9 Å². The number of ether oxygens (including phenoxy) is 2. The molecule has 0 aliphatic heterocycles. The lowest BCUT2D eigenvalue weighted by Gasteiger charge is -2.24. The Balaban J connectivity index is 1.49. The summed E-state index contributed by atoms with van der Waals surface area (Å²) in [6, 6.07) is 53.9. The highest BCUT2D eigenvalue weighted by Crippen LogP contribution is 2.53. The maximum Gasteiger partial charge on any atom is 0.343 e. The van der Waals surface area contributed by atoms with Crippen molar-refractivity contribution in [3.05, 3.63) is 198 Å². The van der Waals surface area contributed by atoms with Crippen molar-refractivity contribution in [2.45, 2.75) is 0 Å². The summed E-state index contributed by atoms with van der Waals surface area (Å²) in [5.41, 5.74) is 5.69. The Kier molecular flexibility index (Phi) is 8.92. The molecular weight excluding hydrogens is 669 g/mol. The maximum absolute atomic E-state index is 14.1. The first-order valence-corrected chi connectivity index (χ1v) is 17.2. The summed E-state index contributed by atoms with van der Waals surface area (Å²) in [6.07, 6.45) is 0. The van der Waals surface area contributed by atoms with E-state index in [0.717, 1.165) is 33.0 Å². The van der Waals surface area contributed by atoms with Crippen LogP contribution in [0.1, 0.15) is 26.3 Å². The van der Waals surface area contributed by atoms with E-state index in [-0.39, 0.29) is 22.6 Å². The number of rotatable bonds is 7. The number of benzene rings is 8. The number of hydrogen-bond acceptors (Lipinski definition) is 5. The number of carbonyl (C=O) groups is 2. The fourth-order valence-electron chi connectivity index (χ4n) is 6.68. The van der Waals surface area contributed by atoms with Crippen LogP contribution in [-0.2, 0) is 0 Å². The van der Waals surface area contributed by atoms with E-state index in [1.54, 1.807) is 48.5 Å². The Hall–Kier alpha value is -7.80. The minimum absolute atomic E-state index is 0.269. The average Bonchev–Trinajstić information content (AvgIpc) is 3.24. The number of hydrogen-bond donors (Lipinski definition) is 0. The van der Waals surface area contributed by atoms with Crippen LogP contribution >= 0.6 is 0 Å². The molecule has 0 bridgehead atoms. The molecule has 8 aromatic rings. The molecule has 254 valence electrons. The first-order chi connectivity index (χ1) is 26.5. The third-order valence-electron chi connectivity index (χ3n) is 9.29. The lowest BCUT2D eigenvalue weighted by atomic mass is 9.84. The molecule has 54 heavy (non-hydrogen) atoms. The first-order valence-electron chi connectivity index (χ1n) is 17.2. The van der Waals surface area contributed by atoms with Gasteiger partial charge in [0, 0.05) is 21.9 Å². The number of nitriles is 1. The van der Waals surface area contributed by atoms with Crippen LogP contribution in [0.15, 0.2) is 170 Å². The predicted octanol–water partition coefficient (Wildman–Crippen LogP) is 11.9. The molecule has 0 aromatic heterocycles. The second-order valence-corrected chi connectivity index (χ2v) is 12.6. The Labute approximate surface area is 311 Å². The zero-order chi connectivity index (χ0) is 37.0. The maximum atomic E-state index is 14.1. The van der Waals surface area contributed by atoms with Crippen LogP contribution in [0.3, 0.4) is 0 Å². The Morgan fingerprint density at radius 1 is 0.519 bits per heavy atom. The third kappa shape index (κ3) is 6.32.